The highest BCUT2D eigenvalue weighted by Crippen LogP contribution is 2.18. The largest absolute Gasteiger partial charge is 0.348 e. The highest BCUT2D eigenvalue weighted by molar-refractivity contribution is 6.01. The fourth-order valence-corrected chi connectivity index (χ4v) is 3.04. The average molecular weight is 330 g/mol. The van der Waals surface area contributed by atoms with Crippen molar-refractivity contribution in [2.75, 3.05) is 11.6 Å². The molecule has 0 radical (unpaired) electrons. The molecule has 2 unspecified atom stereocenters. The quantitative estimate of drug-likeness (QED) is 0.761. The van der Waals surface area contributed by atoms with Gasteiger partial charge in [-0.25, -0.2) is 5.01 Å². The first kappa shape index (κ1) is 16.4. The van der Waals surface area contributed by atoms with Crippen LogP contribution in [-0.4, -0.2) is 36.3 Å². The summed E-state index contributed by atoms with van der Waals surface area (Å²) in [7, 11) is 0. The van der Waals surface area contributed by atoms with E-state index in [4.69, 9.17) is 0 Å². The van der Waals surface area contributed by atoms with Crippen molar-refractivity contribution in [2.24, 2.45) is 0 Å². The van der Waals surface area contributed by atoms with Gasteiger partial charge in [-0.05, 0) is 50.6 Å². The third kappa shape index (κ3) is 3.56. The third-order valence-corrected chi connectivity index (χ3v) is 4.52. The third-order valence-electron chi connectivity index (χ3n) is 4.52. The normalized spacial score (nSPS) is 24.5. The molecule has 2 atom stereocenters. The van der Waals surface area contributed by atoms with Gasteiger partial charge in [0.1, 0.15) is 0 Å². The van der Waals surface area contributed by atoms with Gasteiger partial charge in [-0.3, -0.25) is 19.8 Å². The number of hydrogen-bond donors (Lipinski definition) is 3. The predicted molar refractivity (Wildman–Crippen MR) is 89.3 cm³/mol. The van der Waals surface area contributed by atoms with Crippen LogP contribution in [0.3, 0.4) is 0 Å². The molecule has 2 aliphatic rings. The molecule has 0 spiro atoms. The summed E-state index contributed by atoms with van der Waals surface area (Å²) in [6.07, 6.45) is 2.42. The van der Waals surface area contributed by atoms with Crippen LogP contribution in [0.4, 0.5) is 5.69 Å². The van der Waals surface area contributed by atoms with Crippen molar-refractivity contribution in [3.8, 4) is 0 Å². The van der Waals surface area contributed by atoms with Crippen LogP contribution in [-0.2, 0) is 9.59 Å². The van der Waals surface area contributed by atoms with Gasteiger partial charge in [-0.1, -0.05) is 0 Å². The maximum atomic E-state index is 12.4. The second-order valence-corrected chi connectivity index (χ2v) is 6.28. The Morgan fingerprint density at radius 3 is 2.67 bits per heavy atom. The lowest BCUT2D eigenvalue weighted by molar-refractivity contribution is -0.130. The summed E-state index contributed by atoms with van der Waals surface area (Å²) in [4.78, 5) is 35.7. The van der Waals surface area contributed by atoms with Gasteiger partial charge in [0.2, 0.25) is 11.8 Å². The molecular weight excluding hydrogens is 308 g/mol. The molecule has 0 aromatic heterocycles. The Bertz CT molecular complexity index is 644. The molecule has 1 aromatic carbocycles. The molecule has 2 aliphatic heterocycles. The van der Waals surface area contributed by atoms with Gasteiger partial charge in [0.15, 0.2) is 0 Å². The molecule has 3 N–H and O–H groups in total. The maximum Gasteiger partial charge on any atom is 0.251 e. The fraction of sp³-hybridized carbons (Fsp3) is 0.471. The van der Waals surface area contributed by atoms with E-state index in [-0.39, 0.29) is 42.6 Å². The minimum atomic E-state index is -0.185. The zero-order valence-corrected chi connectivity index (χ0v) is 13.7. The summed E-state index contributed by atoms with van der Waals surface area (Å²) in [5.74, 6) is -0.472. The van der Waals surface area contributed by atoms with Crippen molar-refractivity contribution in [1.29, 1.82) is 0 Å². The molecule has 24 heavy (non-hydrogen) atoms. The topological polar surface area (TPSA) is 90.5 Å². The van der Waals surface area contributed by atoms with Crippen LogP contribution in [0.2, 0.25) is 0 Å². The number of piperidine rings is 1. The molecule has 2 heterocycles. The van der Waals surface area contributed by atoms with Gasteiger partial charge in [0.25, 0.3) is 5.91 Å². The van der Waals surface area contributed by atoms with Crippen LogP contribution in [0.25, 0.3) is 0 Å². The minimum Gasteiger partial charge on any atom is -0.348 e. The second-order valence-electron chi connectivity index (χ2n) is 6.28. The van der Waals surface area contributed by atoms with Crippen molar-refractivity contribution < 1.29 is 14.4 Å². The van der Waals surface area contributed by atoms with E-state index in [9.17, 15) is 14.4 Å². The van der Waals surface area contributed by atoms with Gasteiger partial charge < -0.3 is 10.6 Å². The molecule has 0 aliphatic carbocycles. The number of carbonyl (C=O) groups is 3. The highest BCUT2D eigenvalue weighted by atomic mass is 16.2. The van der Waals surface area contributed by atoms with Crippen LogP contribution in [0, 0.1) is 0 Å². The Hall–Kier alpha value is -2.41. The van der Waals surface area contributed by atoms with Crippen molar-refractivity contribution in [3.63, 3.8) is 0 Å². The van der Waals surface area contributed by atoms with Gasteiger partial charge in [-0.15, -0.1) is 0 Å². The van der Waals surface area contributed by atoms with Crippen molar-refractivity contribution in [1.82, 2.24) is 16.1 Å². The summed E-state index contributed by atoms with van der Waals surface area (Å²) in [6.45, 7) is 3.05. The predicted octanol–water partition coefficient (Wildman–Crippen LogP) is 0.715. The van der Waals surface area contributed by atoms with Gasteiger partial charge in [-0.2, -0.15) is 0 Å². The van der Waals surface area contributed by atoms with E-state index in [1.807, 2.05) is 0 Å². The lowest BCUT2D eigenvalue weighted by Crippen LogP contribution is -2.52. The number of nitrogens with zero attached hydrogens (tertiary/aromatic N) is 1. The number of amides is 3. The van der Waals surface area contributed by atoms with Crippen LogP contribution < -0.4 is 21.1 Å². The van der Waals surface area contributed by atoms with E-state index < -0.39 is 0 Å². The Balaban J connectivity index is 1.66. The van der Waals surface area contributed by atoms with Gasteiger partial charge in [0, 0.05) is 30.5 Å². The van der Waals surface area contributed by atoms with E-state index in [1.54, 1.807) is 24.3 Å². The minimum absolute atomic E-state index is 0.119. The standard InChI is InChI=1S/C17H22N4O3/c1-11-14(3-2-10-18-11)19-17(24)12-4-6-13(7-5-12)21-16(23)9-8-15(22)20-21/h4-7,11,14,18H,2-3,8-10H2,1H3,(H,19,24)(H,20,22). The summed E-state index contributed by atoms with van der Waals surface area (Å²) < 4.78 is 0. The van der Waals surface area contributed by atoms with Crippen molar-refractivity contribution in [3.05, 3.63) is 29.8 Å². The van der Waals surface area contributed by atoms with Crippen LogP contribution in [0.15, 0.2) is 24.3 Å². The number of hydrogen-bond acceptors (Lipinski definition) is 4. The zero-order valence-electron chi connectivity index (χ0n) is 13.7. The number of hydrazine groups is 1. The summed E-state index contributed by atoms with van der Waals surface area (Å²) in [5, 5.41) is 7.64. The molecule has 7 heteroatoms. The first-order chi connectivity index (χ1) is 11.5. The van der Waals surface area contributed by atoms with E-state index in [1.165, 1.54) is 5.01 Å². The molecule has 1 aromatic rings. The summed E-state index contributed by atoms with van der Waals surface area (Å²) >= 11 is 0. The van der Waals surface area contributed by atoms with Crippen molar-refractivity contribution in [2.45, 2.75) is 44.7 Å². The molecule has 0 bridgehead atoms. The molecular formula is C17H22N4O3. The number of anilines is 1. The molecule has 3 amide bonds. The lowest BCUT2D eigenvalue weighted by Gasteiger charge is -2.30. The monoisotopic (exact) mass is 330 g/mol. The summed E-state index contributed by atoms with van der Waals surface area (Å²) in [5.41, 5.74) is 3.63. The lowest BCUT2D eigenvalue weighted by atomic mass is 9.99. The summed E-state index contributed by atoms with van der Waals surface area (Å²) in [6, 6.07) is 7.04. The zero-order chi connectivity index (χ0) is 17.1. The maximum absolute atomic E-state index is 12.4. The van der Waals surface area contributed by atoms with Gasteiger partial charge in [0.05, 0.1) is 5.69 Å². The fourth-order valence-electron chi connectivity index (χ4n) is 3.04. The Kier molecular flexibility index (Phi) is 4.80. The van der Waals surface area contributed by atoms with E-state index >= 15 is 0 Å². The van der Waals surface area contributed by atoms with Crippen LogP contribution >= 0.6 is 0 Å². The van der Waals surface area contributed by atoms with E-state index in [0.717, 1.165) is 19.4 Å². The Morgan fingerprint density at radius 2 is 1.96 bits per heavy atom. The average Bonchev–Trinajstić information content (AvgIpc) is 2.59. The number of benzene rings is 1. The van der Waals surface area contributed by atoms with Crippen LogP contribution in [0.1, 0.15) is 43.0 Å². The highest BCUT2D eigenvalue weighted by Gasteiger charge is 2.25. The van der Waals surface area contributed by atoms with E-state index in [0.29, 0.717) is 11.3 Å². The Morgan fingerprint density at radius 1 is 1.21 bits per heavy atom. The van der Waals surface area contributed by atoms with E-state index in [2.05, 4.69) is 23.0 Å². The number of rotatable bonds is 3. The Labute approximate surface area is 140 Å². The second kappa shape index (κ2) is 7.00. The molecule has 2 fully saturated rings. The first-order valence-corrected chi connectivity index (χ1v) is 8.31. The SMILES string of the molecule is CC1NCCCC1NC(=O)c1ccc(N2NC(=O)CCC2=O)cc1. The molecule has 3 rings (SSSR count). The van der Waals surface area contributed by atoms with Gasteiger partial charge >= 0.3 is 0 Å². The first-order valence-electron chi connectivity index (χ1n) is 8.31. The smallest absolute Gasteiger partial charge is 0.251 e. The molecule has 0 saturated carbocycles. The number of carbonyl (C=O) groups excluding carboxylic acids is 3. The van der Waals surface area contributed by atoms with Crippen LogP contribution in [0.5, 0.6) is 0 Å². The molecule has 2 saturated heterocycles. The van der Waals surface area contributed by atoms with Crippen molar-refractivity contribution >= 4 is 23.4 Å². The number of nitrogens with one attached hydrogen (secondary N) is 3. The molecule has 128 valence electrons. The molecule has 7 nitrogen and oxygen atoms in total.